The Kier molecular flexibility index (Phi) is 5.96. The van der Waals surface area contributed by atoms with E-state index in [2.05, 4.69) is 11.9 Å². The van der Waals surface area contributed by atoms with Crippen molar-refractivity contribution in [2.75, 3.05) is 21.9 Å². The molecule has 0 aliphatic carbocycles. The fourth-order valence-electron chi connectivity index (χ4n) is 2.84. The number of nitrogens with one attached hydrogen (secondary N) is 1. The van der Waals surface area contributed by atoms with Crippen LogP contribution in [0.1, 0.15) is 22.3 Å². The van der Waals surface area contributed by atoms with Crippen LogP contribution in [0.4, 0.5) is 11.4 Å². The number of anilines is 2. The lowest BCUT2D eigenvalue weighted by molar-refractivity contribution is 0.102. The second-order valence-corrected chi connectivity index (χ2v) is 9.35. The molecule has 1 saturated heterocycles. The summed E-state index contributed by atoms with van der Waals surface area (Å²) in [6, 6.07) is 8.06. The monoisotopic (exact) mass is 446 g/mol. The Hall–Kier alpha value is -1.41. The van der Waals surface area contributed by atoms with E-state index in [1.165, 1.54) is 16.4 Å². The third kappa shape index (κ3) is 4.37. The molecule has 0 bridgehead atoms. The molecule has 0 spiro atoms. The van der Waals surface area contributed by atoms with Crippen LogP contribution < -0.4 is 9.62 Å². The molecule has 5 nitrogen and oxygen atoms in total. The highest BCUT2D eigenvalue weighted by Gasteiger charge is 2.30. The summed E-state index contributed by atoms with van der Waals surface area (Å²) < 4.78 is 21.8. The lowest BCUT2D eigenvalue weighted by Gasteiger charge is -2.38. The molecule has 1 fully saturated rings. The smallest absolute Gasteiger partial charge is 0.257 e. The van der Waals surface area contributed by atoms with E-state index in [4.69, 9.17) is 34.8 Å². The number of amides is 1. The summed E-state index contributed by atoms with van der Waals surface area (Å²) in [5.74, 6) is -0.210. The predicted octanol–water partition coefficient (Wildman–Crippen LogP) is 6.42. The van der Waals surface area contributed by atoms with Crippen molar-refractivity contribution >= 4 is 68.9 Å². The first-order valence-corrected chi connectivity index (χ1v) is 10.8. The van der Waals surface area contributed by atoms with Crippen LogP contribution in [0.15, 0.2) is 36.9 Å². The first-order chi connectivity index (χ1) is 12.7. The SMILES string of the molecule is C=Cc1cc(Cl)cc(NC(=O)c2cc(N3CCCS3(O)O)cc(Cl)c2Cl)c1. The highest BCUT2D eigenvalue weighted by atomic mass is 35.5. The van der Waals surface area contributed by atoms with Gasteiger partial charge in [0.15, 0.2) is 0 Å². The maximum absolute atomic E-state index is 12.8. The Morgan fingerprint density at radius 1 is 1.19 bits per heavy atom. The molecule has 3 rings (SSSR count). The summed E-state index contributed by atoms with van der Waals surface area (Å²) in [6.45, 7) is 4.14. The molecule has 2 aromatic carbocycles. The van der Waals surface area contributed by atoms with Crippen molar-refractivity contribution < 1.29 is 13.9 Å². The van der Waals surface area contributed by atoms with Crippen LogP contribution in [0, 0.1) is 0 Å². The maximum atomic E-state index is 12.8. The van der Waals surface area contributed by atoms with E-state index in [0.717, 1.165) is 5.56 Å². The fourth-order valence-corrected chi connectivity index (χ4v) is 5.09. The van der Waals surface area contributed by atoms with Gasteiger partial charge in [0.1, 0.15) is 0 Å². The molecule has 0 atom stereocenters. The molecular formula is C18H17Cl3N2O3S. The summed E-state index contributed by atoms with van der Waals surface area (Å²) in [7, 11) is -2.91. The molecular weight excluding hydrogens is 431 g/mol. The zero-order valence-electron chi connectivity index (χ0n) is 14.1. The van der Waals surface area contributed by atoms with Gasteiger partial charge in [-0.15, -0.1) is 10.8 Å². The van der Waals surface area contributed by atoms with Crippen molar-refractivity contribution in [3.63, 3.8) is 0 Å². The van der Waals surface area contributed by atoms with Crippen molar-refractivity contribution in [2.45, 2.75) is 6.42 Å². The van der Waals surface area contributed by atoms with Crippen LogP contribution in [-0.4, -0.2) is 27.3 Å². The molecule has 144 valence electrons. The minimum absolute atomic E-state index is 0.0829. The number of nitrogens with zero attached hydrogens (tertiary/aromatic N) is 1. The maximum Gasteiger partial charge on any atom is 0.257 e. The van der Waals surface area contributed by atoms with E-state index in [0.29, 0.717) is 29.4 Å². The lowest BCUT2D eigenvalue weighted by Crippen LogP contribution is -2.22. The summed E-state index contributed by atoms with van der Waals surface area (Å²) in [4.78, 5) is 12.8. The molecule has 3 N–H and O–H groups in total. The van der Waals surface area contributed by atoms with Crippen LogP contribution in [0.2, 0.25) is 15.1 Å². The van der Waals surface area contributed by atoms with E-state index < -0.39 is 16.7 Å². The van der Waals surface area contributed by atoms with Gasteiger partial charge in [0.2, 0.25) is 0 Å². The summed E-state index contributed by atoms with van der Waals surface area (Å²) in [5.41, 5.74) is 1.79. The van der Waals surface area contributed by atoms with Crippen molar-refractivity contribution in [1.29, 1.82) is 0 Å². The molecule has 0 unspecified atom stereocenters. The highest BCUT2D eigenvalue weighted by molar-refractivity contribution is 8.25. The Morgan fingerprint density at radius 2 is 1.93 bits per heavy atom. The van der Waals surface area contributed by atoms with Crippen LogP contribution in [0.3, 0.4) is 0 Å². The summed E-state index contributed by atoms with van der Waals surface area (Å²) >= 11 is 18.5. The van der Waals surface area contributed by atoms with E-state index in [9.17, 15) is 13.9 Å². The third-order valence-corrected chi connectivity index (χ3v) is 7.05. The number of rotatable bonds is 4. The Balaban J connectivity index is 1.95. The molecule has 9 heteroatoms. The van der Waals surface area contributed by atoms with E-state index in [1.807, 2.05) is 0 Å². The summed E-state index contributed by atoms with van der Waals surface area (Å²) in [5, 5.41) is 3.41. The molecule has 2 aromatic rings. The minimum atomic E-state index is -2.91. The third-order valence-electron chi connectivity index (χ3n) is 4.09. The van der Waals surface area contributed by atoms with Gasteiger partial charge < -0.3 is 5.32 Å². The lowest BCUT2D eigenvalue weighted by atomic mass is 10.1. The average molecular weight is 448 g/mol. The van der Waals surface area contributed by atoms with E-state index >= 15 is 0 Å². The topological polar surface area (TPSA) is 72.8 Å². The quantitative estimate of drug-likeness (QED) is 0.506. The van der Waals surface area contributed by atoms with Gasteiger partial charge in [0, 0.05) is 17.3 Å². The first-order valence-electron chi connectivity index (χ1n) is 7.98. The van der Waals surface area contributed by atoms with Crippen molar-refractivity contribution in [1.82, 2.24) is 0 Å². The first kappa shape index (κ1) is 20.3. The second kappa shape index (κ2) is 7.91. The molecule has 1 aliphatic heterocycles. The number of hydrogen-bond acceptors (Lipinski definition) is 4. The van der Waals surface area contributed by atoms with Gasteiger partial charge in [0.05, 0.1) is 27.0 Å². The van der Waals surface area contributed by atoms with Crippen LogP contribution in [0.5, 0.6) is 0 Å². The molecule has 0 aromatic heterocycles. The van der Waals surface area contributed by atoms with E-state index in [-0.39, 0.29) is 21.4 Å². The molecule has 0 radical (unpaired) electrons. The van der Waals surface area contributed by atoms with Crippen molar-refractivity contribution in [3.05, 3.63) is 63.1 Å². The second-order valence-electron chi connectivity index (χ2n) is 6.01. The largest absolute Gasteiger partial charge is 0.322 e. The van der Waals surface area contributed by atoms with Gasteiger partial charge in [-0.25, -0.2) is 0 Å². The molecule has 1 heterocycles. The molecule has 1 aliphatic rings. The number of halogens is 3. The van der Waals surface area contributed by atoms with Gasteiger partial charge in [0.25, 0.3) is 5.91 Å². The number of hydrogen-bond donors (Lipinski definition) is 3. The van der Waals surface area contributed by atoms with Gasteiger partial charge in [-0.3, -0.25) is 18.2 Å². The van der Waals surface area contributed by atoms with Crippen LogP contribution in [-0.2, 0) is 0 Å². The number of carbonyl (C=O) groups excluding carboxylic acids is 1. The van der Waals surface area contributed by atoms with Gasteiger partial charge in [-0.2, -0.15) is 0 Å². The van der Waals surface area contributed by atoms with Crippen molar-refractivity contribution in [3.8, 4) is 0 Å². The molecule has 27 heavy (non-hydrogen) atoms. The number of carbonyl (C=O) groups is 1. The van der Waals surface area contributed by atoms with Gasteiger partial charge in [-0.05, 0) is 42.3 Å². The predicted molar refractivity (Wildman–Crippen MR) is 116 cm³/mol. The Morgan fingerprint density at radius 3 is 2.56 bits per heavy atom. The summed E-state index contributed by atoms with van der Waals surface area (Å²) in [6.07, 6.45) is 2.25. The highest BCUT2D eigenvalue weighted by Crippen LogP contribution is 2.51. The van der Waals surface area contributed by atoms with E-state index in [1.54, 1.807) is 24.3 Å². The average Bonchev–Trinajstić information content (AvgIpc) is 2.95. The van der Waals surface area contributed by atoms with Crippen molar-refractivity contribution in [2.24, 2.45) is 0 Å². The zero-order chi connectivity index (χ0) is 19.8. The standard InChI is InChI=1S/C18H17Cl3N2O3S/c1-2-11-6-12(19)8-13(7-11)22-18(24)15-9-14(10-16(20)17(15)21)23-4-3-5-27(23,25)26/h2,6-10,25-26H,1,3-5H2,(H,22,24). The van der Waals surface area contributed by atoms with Gasteiger partial charge >= 0.3 is 0 Å². The number of benzene rings is 2. The van der Waals surface area contributed by atoms with Crippen LogP contribution in [0.25, 0.3) is 6.08 Å². The molecule has 1 amide bonds. The van der Waals surface area contributed by atoms with Crippen LogP contribution >= 0.6 is 45.6 Å². The normalized spacial score (nSPS) is 16.9. The zero-order valence-corrected chi connectivity index (χ0v) is 17.2. The Labute approximate surface area is 174 Å². The Bertz CT molecular complexity index is 921. The minimum Gasteiger partial charge on any atom is -0.322 e. The molecule has 0 saturated carbocycles. The van der Waals surface area contributed by atoms with Gasteiger partial charge in [-0.1, -0.05) is 47.5 Å². The fraction of sp³-hybridized carbons (Fsp3) is 0.167.